The summed E-state index contributed by atoms with van der Waals surface area (Å²) in [5.74, 6) is 0.475. The number of aromatic nitrogens is 2. The number of carbonyl (C=O) groups excluding carboxylic acids is 1. The van der Waals surface area contributed by atoms with Crippen molar-refractivity contribution in [3.63, 3.8) is 0 Å². The van der Waals surface area contributed by atoms with Crippen molar-refractivity contribution in [2.45, 2.75) is 12.5 Å². The van der Waals surface area contributed by atoms with E-state index in [1.807, 2.05) is 0 Å². The molecule has 1 N–H and O–H groups in total. The molecule has 2 aromatic heterocycles. The molecule has 98 valence electrons. The van der Waals surface area contributed by atoms with Crippen molar-refractivity contribution in [2.75, 3.05) is 19.6 Å². The van der Waals surface area contributed by atoms with E-state index in [1.54, 1.807) is 12.3 Å². The smallest absolute Gasteiger partial charge is 0.270 e. The molecular formula is C13H14N4O2. The van der Waals surface area contributed by atoms with Gasteiger partial charge in [-0.3, -0.25) is 4.79 Å². The summed E-state index contributed by atoms with van der Waals surface area (Å²) >= 11 is 0. The molecule has 2 fully saturated rings. The van der Waals surface area contributed by atoms with Gasteiger partial charge < -0.3 is 14.6 Å². The van der Waals surface area contributed by atoms with Crippen LogP contribution < -0.4 is 5.32 Å². The van der Waals surface area contributed by atoms with E-state index >= 15 is 0 Å². The Morgan fingerprint density at radius 1 is 1.42 bits per heavy atom. The van der Waals surface area contributed by atoms with Crippen molar-refractivity contribution in [1.82, 2.24) is 20.2 Å². The number of nitrogens with zero attached hydrogens (tertiary/aromatic N) is 3. The van der Waals surface area contributed by atoms with E-state index in [1.165, 1.54) is 19.4 Å². The number of piperidine rings is 1. The molecule has 3 atom stereocenters. The van der Waals surface area contributed by atoms with Crippen molar-refractivity contribution in [2.24, 2.45) is 5.92 Å². The van der Waals surface area contributed by atoms with Crippen LogP contribution in [0.4, 0.5) is 0 Å². The van der Waals surface area contributed by atoms with Gasteiger partial charge in [0.15, 0.2) is 12.0 Å². The zero-order chi connectivity index (χ0) is 12.8. The summed E-state index contributed by atoms with van der Waals surface area (Å²) in [6.45, 7) is 3.24. The van der Waals surface area contributed by atoms with E-state index < -0.39 is 0 Å². The van der Waals surface area contributed by atoms with Gasteiger partial charge in [0.25, 0.3) is 5.91 Å². The molecule has 2 bridgehead atoms. The number of carbonyl (C=O) groups is 1. The summed E-state index contributed by atoms with van der Waals surface area (Å²) in [6, 6.07) is 1.93. The van der Waals surface area contributed by atoms with Gasteiger partial charge in [-0.05, 0) is 24.9 Å². The van der Waals surface area contributed by atoms with Crippen LogP contribution in [0.25, 0.3) is 11.1 Å². The Kier molecular flexibility index (Phi) is 2.32. The van der Waals surface area contributed by atoms with Crippen molar-refractivity contribution in [3.05, 3.63) is 24.4 Å². The van der Waals surface area contributed by atoms with E-state index in [0.29, 0.717) is 22.7 Å². The highest BCUT2D eigenvalue weighted by molar-refractivity contribution is 5.95. The Hall–Kier alpha value is -1.95. The second-order valence-electron chi connectivity index (χ2n) is 5.28. The lowest BCUT2D eigenvalue weighted by Crippen LogP contribution is -2.43. The topological polar surface area (TPSA) is 71.3 Å². The van der Waals surface area contributed by atoms with Crippen LogP contribution in [0.2, 0.25) is 0 Å². The molecule has 1 unspecified atom stereocenters. The first-order chi connectivity index (χ1) is 9.29. The Morgan fingerprint density at radius 2 is 2.37 bits per heavy atom. The highest BCUT2D eigenvalue weighted by atomic mass is 16.3. The number of fused-ring (bicyclic) bond motifs is 3. The zero-order valence-corrected chi connectivity index (χ0v) is 10.4. The predicted molar refractivity (Wildman–Crippen MR) is 67.6 cm³/mol. The van der Waals surface area contributed by atoms with Crippen LogP contribution in [0.5, 0.6) is 0 Å². The third-order valence-corrected chi connectivity index (χ3v) is 4.10. The Labute approximate surface area is 109 Å². The highest BCUT2D eigenvalue weighted by Crippen LogP contribution is 2.27. The van der Waals surface area contributed by atoms with E-state index in [4.69, 9.17) is 4.42 Å². The maximum atomic E-state index is 12.2. The molecule has 0 radical (unpaired) electrons. The average molecular weight is 258 g/mol. The summed E-state index contributed by atoms with van der Waals surface area (Å²) in [5.41, 5.74) is 1.67. The van der Waals surface area contributed by atoms with Crippen molar-refractivity contribution in [3.8, 4) is 0 Å². The number of hydrogen-bond acceptors (Lipinski definition) is 5. The molecule has 1 amide bonds. The average Bonchev–Trinajstić information content (AvgIpc) is 3.13. The molecule has 2 saturated heterocycles. The van der Waals surface area contributed by atoms with Gasteiger partial charge in [-0.15, -0.1) is 0 Å². The molecule has 2 aliphatic rings. The number of hydrogen-bond donors (Lipinski definition) is 1. The first-order valence-electron chi connectivity index (χ1n) is 6.52. The van der Waals surface area contributed by atoms with E-state index in [-0.39, 0.29) is 11.9 Å². The third kappa shape index (κ3) is 1.79. The number of amides is 1. The molecule has 0 aromatic carbocycles. The standard InChI is InChI=1S/C13H14N4O2/c18-13(16-11-6-17-2-1-8(11)5-17)10-3-9-12(4-14-10)19-7-15-9/h3-4,7-8,11H,1-2,5-6H2,(H,16,18)/t8-,11-/m0/s1. The SMILES string of the molecule is O=C(N[C@H]1CN2CC[C@H]1C2)c1cc2ncoc2cn1. The Balaban J connectivity index is 1.53. The van der Waals surface area contributed by atoms with Gasteiger partial charge in [-0.25, -0.2) is 9.97 Å². The number of rotatable bonds is 2. The summed E-state index contributed by atoms with van der Waals surface area (Å²) in [5, 5.41) is 3.08. The second-order valence-corrected chi connectivity index (χ2v) is 5.28. The first-order valence-corrected chi connectivity index (χ1v) is 6.52. The van der Waals surface area contributed by atoms with Crippen LogP contribution in [0.15, 0.2) is 23.1 Å². The van der Waals surface area contributed by atoms with Crippen LogP contribution in [0.1, 0.15) is 16.9 Å². The van der Waals surface area contributed by atoms with Crippen LogP contribution >= 0.6 is 0 Å². The largest absolute Gasteiger partial charge is 0.442 e. The van der Waals surface area contributed by atoms with E-state index in [0.717, 1.165) is 13.1 Å². The highest BCUT2D eigenvalue weighted by Gasteiger charge is 2.38. The minimum Gasteiger partial charge on any atom is -0.442 e. The van der Waals surface area contributed by atoms with Gasteiger partial charge in [0.2, 0.25) is 0 Å². The second kappa shape index (κ2) is 4.03. The lowest BCUT2D eigenvalue weighted by molar-refractivity contribution is 0.0919. The maximum Gasteiger partial charge on any atom is 0.270 e. The van der Waals surface area contributed by atoms with Crippen molar-refractivity contribution in [1.29, 1.82) is 0 Å². The molecule has 0 spiro atoms. The quantitative estimate of drug-likeness (QED) is 0.856. The Bertz CT molecular complexity index is 638. The lowest BCUT2D eigenvalue weighted by Gasteiger charge is -2.22. The predicted octanol–water partition coefficient (Wildman–Crippen LogP) is 0.657. The molecule has 6 nitrogen and oxygen atoms in total. The monoisotopic (exact) mass is 258 g/mol. The molecule has 0 saturated carbocycles. The molecule has 2 aliphatic heterocycles. The maximum absolute atomic E-state index is 12.2. The molecule has 4 rings (SSSR count). The summed E-state index contributed by atoms with van der Waals surface area (Å²) in [6.07, 6.45) is 4.08. The zero-order valence-electron chi connectivity index (χ0n) is 10.4. The fraction of sp³-hybridized carbons (Fsp3) is 0.462. The van der Waals surface area contributed by atoms with E-state index in [9.17, 15) is 4.79 Å². The summed E-state index contributed by atoms with van der Waals surface area (Å²) < 4.78 is 5.11. The van der Waals surface area contributed by atoms with Crippen LogP contribution in [0.3, 0.4) is 0 Å². The van der Waals surface area contributed by atoms with Crippen LogP contribution in [-0.4, -0.2) is 46.5 Å². The van der Waals surface area contributed by atoms with Crippen molar-refractivity contribution < 1.29 is 9.21 Å². The van der Waals surface area contributed by atoms with Crippen LogP contribution in [0, 0.1) is 5.92 Å². The third-order valence-electron chi connectivity index (χ3n) is 4.10. The van der Waals surface area contributed by atoms with Gasteiger partial charge in [0.1, 0.15) is 11.2 Å². The molecule has 0 aliphatic carbocycles. The number of nitrogens with one attached hydrogen (secondary N) is 1. The van der Waals surface area contributed by atoms with Crippen LogP contribution in [-0.2, 0) is 0 Å². The van der Waals surface area contributed by atoms with Gasteiger partial charge in [0, 0.05) is 19.1 Å². The Morgan fingerprint density at radius 3 is 3.16 bits per heavy atom. The molecular weight excluding hydrogens is 244 g/mol. The number of oxazole rings is 1. The molecule has 19 heavy (non-hydrogen) atoms. The minimum atomic E-state index is -0.122. The molecule has 4 heterocycles. The fourth-order valence-corrected chi connectivity index (χ4v) is 3.08. The first kappa shape index (κ1) is 10.9. The molecule has 6 heteroatoms. The number of pyridine rings is 1. The van der Waals surface area contributed by atoms with Gasteiger partial charge in [-0.1, -0.05) is 0 Å². The lowest BCUT2D eigenvalue weighted by atomic mass is 10.00. The van der Waals surface area contributed by atoms with Gasteiger partial charge in [0.05, 0.1) is 6.20 Å². The summed E-state index contributed by atoms with van der Waals surface area (Å²) in [7, 11) is 0. The normalized spacial score (nSPS) is 28.9. The summed E-state index contributed by atoms with van der Waals surface area (Å²) in [4.78, 5) is 22.7. The van der Waals surface area contributed by atoms with Gasteiger partial charge >= 0.3 is 0 Å². The van der Waals surface area contributed by atoms with Gasteiger partial charge in [-0.2, -0.15) is 0 Å². The minimum absolute atomic E-state index is 0.122. The van der Waals surface area contributed by atoms with E-state index in [2.05, 4.69) is 20.2 Å². The molecule has 2 aromatic rings. The van der Waals surface area contributed by atoms with Crippen molar-refractivity contribution >= 4 is 17.0 Å². The fourth-order valence-electron chi connectivity index (χ4n) is 3.08.